The average Bonchev–Trinajstić information content (AvgIpc) is 2.40. The van der Waals surface area contributed by atoms with Gasteiger partial charge in [0.1, 0.15) is 17.2 Å². The predicted octanol–water partition coefficient (Wildman–Crippen LogP) is 1.94. The summed E-state index contributed by atoms with van der Waals surface area (Å²) >= 11 is 0. The van der Waals surface area contributed by atoms with Gasteiger partial charge in [-0.3, -0.25) is 9.79 Å². The van der Waals surface area contributed by atoms with Crippen LogP contribution in [-0.4, -0.2) is 29.8 Å². The van der Waals surface area contributed by atoms with E-state index in [9.17, 15) is 9.90 Å². The largest absolute Gasteiger partial charge is 0.506 e. The smallest absolute Gasteiger partial charge is 0.167 e. The van der Waals surface area contributed by atoms with Crippen LogP contribution >= 0.6 is 0 Å². The zero-order valence-corrected chi connectivity index (χ0v) is 10.3. The van der Waals surface area contributed by atoms with Crippen LogP contribution in [0.25, 0.3) is 5.76 Å². The highest BCUT2D eigenvalue weighted by atomic mass is 16.3. The van der Waals surface area contributed by atoms with Gasteiger partial charge in [-0.25, -0.2) is 0 Å². The molecule has 1 aliphatic heterocycles. The predicted molar refractivity (Wildman–Crippen MR) is 71.6 cm³/mol. The summed E-state index contributed by atoms with van der Waals surface area (Å²) in [5, 5.41) is 13.3. The summed E-state index contributed by atoms with van der Waals surface area (Å²) in [6.45, 7) is 2.90. The minimum atomic E-state index is -0.190. The number of rotatable bonds is 3. The van der Waals surface area contributed by atoms with Crippen LogP contribution in [0.15, 0.2) is 40.9 Å². The minimum Gasteiger partial charge on any atom is -0.506 e. The molecule has 0 atom stereocenters. The lowest BCUT2D eigenvalue weighted by atomic mass is 10.0. The van der Waals surface area contributed by atoms with E-state index in [1.807, 2.05) is 18.2 Å². The van der Waals surface area contributed by atoms with Gasteiger partial charge in [0.2, 0.25) is 0 Å². The van der Waals surface area contributed by atoms with Gasteiger partial charge in [0.25, 0.3) is 0 Å². The molecular formula is C14H16N2O2. The lowest BCUT2D eigenvalue weighted by Crippen LogP contribution is -2.33. The van der Waals surface area contributed by atoms with E-state index in [1.54, 1.807) is 12.1 Å². The molecule has 0 saturated carbocycles. The molecule has 4 nitrogen and oxygen atoms in total. The molecule has 1 aliphatic rings. The molecule has 0 fully saturated rings. The third kappa shape index (κ3) is 2.59. The molecule has 18 heavy (non-hydrogen) atoms. The van der Waals surface area contributed by atoms with Gasteiger partial charge in [-0.05, 0) is 13.3 Å². The van der Waals surface area contributed by atoms with Gasteiger partial charge in [0, 0.05) is 18.7 Å². The highest BCUT2D eigenvalue weighted by molar-refractivity contribution is 6.25. The first-order valence-corrected chi connectivity index (χ1v) is 5.98. The molecule has 0 radical (unpaired) electrons. The number of aliphatic hydroxyl groups excluding tert-OH is 1. The fourth-order valence-corrected chi connectivity index (χ4v) is 1.89. The van der Waals surface area contributed by atoms with Crippen molar-refractivity contribution in [1.29, 1.82) is 0 Å². The highest BCUT2D eigenvalue weighted by Gasteiger charge is 2.20. The van der Waals surface area contributed by atoms with Gasteiger partial charge in [-0.1, -0.05) is 30.3 Å². The Morgan fingerprint density at radius 3 is 2.61 bits per heavy atom. The van der Waals surface area contributed by atoms with Crippen LogP contribution in [0.1, 0.15) is 18.9 Å². The van der Waals surface area contributed by atoms with E-state index in [2.05, 4.69) is 10.3 Å². The monoisotopic (exact) mass is 244 g/mol. The minimum absolute atomic E-state index is 0.0174. The topological polar surface area (TPSA) is 61.7 Å². The van der Waals surface area contributed by atoms with Gasteiger partial charge in [-0.2, -0.15) is 0 Å². The van der Waals surface area contributed by atoms with Crippen LogP contribution in [-0.2, 0) is 4.79 Å². The van der Waals surface area contributed by atoms with Crippen molar-refractivity contribution in [3.63, 3.8) is 0 Å². The third-order valence-electron chi connectivity index (χ3n) is 2.77. The summed E-state index contributed by atoms with van der Waals surface area (Å²) in [7, 11) is 0. The van der Waals surface area contributed by atoms with E-state index in [1.165, 1.54) is 6.92 Å². The van der Waals surface area contributed by atoms with Crippen LogP contribution in [0.4, 0.5) is 0 Å². The Morgan fingerprint density at radius 1 is 1.33 bits per heavy atom. The number of hydrogen-bond donors (Lipinski definition) is 2. The van der Waals surface area contributed by atoms with Crippen molar-refractivity contribution in [3.8, 4) is 0 Å². The third-order valence-corrected chi connectivity index (χ3v) is 2.77. The Hall–Kier alpha value is -2.10. The number of benzene rings is 1. The summed E-state index contributed by atoms with van der Waals surface area (Å²) in [5.41, 5.74) is 0.888. The molecule has 0 spiro atoms. The molecule has 0 unspecified atom stereocenters. The number of hydrogen-bond acceptors (Lipinski definition) is 4. The van der Waals surface area contributed by atoms with Crippen LogP contribution in [0.5, 0.6) is 0 Å². The Bertz CT molecular complexity index is 504. The number of carbonyl (C=O) groups is 1. The Kier molecular flexibility index (Phi) is 3.77. The second kappa shape index (κ2) is 5.49. The first kappa shape index (κ1) is 12.4. The molecule has 1 aromatic rings. The molecular weight excluding hydrogens is 228 g/mol. The molecule has 94 valence electrons. The van der Waals surface area contributed by atoms with Gasteiger partial charge in [0.05, 0.1) is 0 Å². The first-order chi connectivity index (χ1) is 8.70. The summed E-state index contributed by atoms with van der Waals surface area (Å²) in [4.78, 5) is 16.0. The fraction of sp³-hybridized carbons (Fsp3) is 0.286. The molecule has 1 aromatic carbocycles. The summed E-state index contributed by atoms with van der Waals surface area (Å²) in [6.07, 6.45) is 0.945. The van der Waals surface area contributed by atoms with Crippen LogP contribution in [0.2, 0.25) is 0 Å². The van der Waals surface area contributed by atoms with Crippen molar-refractivity contribution in [2.24, 2.45) is 4.99 Å². The summed E-state index contributed by atoms with van der Waals surface area (Å²) in [6, 6.07) is 9.03. The van der Waals surface area contributed by atoms with Crippen molar-refractivity contribution >= 4 is 17.4 Å². The van der Waals surface area contributed by atoms with Gasteiger partial charge in [-0.15, -0.1) is 0 Å². The zero-order valence-electron chi connectivity index (χ0n) is 10.3. The number of ketones is 1. The molecule has 0 aliphatic carbocycles. The number of Topliss-reactive ketones (excluding diaryl/α,β-unsaturated/α-hetero) is 1. The molecule has 2 rings (SSSR count). The lowest BCUT2D eigenvalue weighted by molar-refractivity contribution is -0.113. The second-order valence-electron chi connectivity index (χ2n) is 4.16. The summed E-state index contributed by atoms with van der Waals surface area (Å²) in [5.74, 6) is 0.288. The van der Waals surface area contributed by atoms with Crippen molar-refractivity contribution in [3.05, 3.63) is 41.5 Å². The van der Waals surface area contributed by atoms with E-state index < -0.39 is 0 Å². The van der Waals surface area contributed by atoms with Crippen molar-refractivity contribution in [1.82, 2.24) is 5.32 Å². The number of aliphatic imine (C=N–C) groups is 1. The van der Waals surface area contributed by atoms with Crippen molar-refractivity contribution in [2.75, 3.05) is 13.1 Å². The molecule has 1 heterocycles. The molecule has 0 amide bonds. The van der Waals surface area contributed by atoms with Crippen LogP contribution in [0, 0.1) is 0 Å². The quantitative estimate of drug-likeness (QED) is 0.631. The van der Waals surface area contributed by atoms with E-state index in [0.29, 0.717) is 17.9 Å². The lowest BCUT2D eigenvalue weighted by Gasteiger charge is -2.17. The van der Waals surface area contributed by atoms with E-state index >= 15 is 0 Å². The Morgan fingerprint density at radius 2 is 2.06 bits per heavy atom. The van der Waals surface area contributed by atoms with E-state index in [0.717, 1.165) is 13.0 Å². The number of nitrogens with one attached hydrogen (secondary N) is 1. The number of carbonyl (C=O) groups excluding carboxylic acids is 1. The van der Waals surface area contributed by atoms with Gasteiger partial charge >= 0.3 is 0 Å². The number of amidine groups is 1. The second-order valence-corrected chi connectivity index (χ2v) is 4.16. The maximum absolute atomic E-state index is 11.7. The maximum Gasteiger partial charge on any atom is 0.167 e. The van der Waals surface area contributed by atoms with Crippen molar-refractivity contribution < 1.29 is 9.90 Å². The van der Waals surface area contributed by atoms with E-state index in [-0.39, 0.29) is 17.1 Å². The molecule has 0 bridgehead atoms. The van der Waals surface area contributed by atoms with Gasteiger partial charge in [0.15, 0.2) is 5.78 Å². The van der Waals surface area contributed by atoms with Crippen LogP contribution in [0.3, 0.4) is 0 Å². The number of nitrogens with zero attached hydrogens (tertiary/aromatic N) is 1. The zero-order chi connectivity index (χ0) is 13.0. The van der Waals surface area contributed by atoms with Crippen LogP contribution < -0.4 is 5.32 Å². The normalized spacial score (nSPS) is 16.4. The molecule has 0 saturated heterocycles. The SMILES string of the molecule is CC(=O)/C(C1=NCCCN1)=C(/O)c1ccccc1. The Balaban J connectivity index is 2.46. The fourth-order valence-electron chi connectivity index (χ4n) is 1.89. The first-order valence-electron chi connectivity index (χ1n) is 5.98. The maximum atomic E-state index is 11.7. The van der Waals surface area contributed by atoms with Crippen molar-refractivity contribution in [2.45, 2.75) is 13.3 Å². The standard InChI is InChI=1S/C14H16N2O2/c1-10(17)12(14-15-8-5-9-16-14)13(18)11-6-3-2-4-7-11/h2-4,6-7,18H,5,8-9H2,1H3,(H,15,16)/b13-12-. The molecule has 2 N–H and O–H groups in total. The molecule has 0 aromatic heterocycles. The highest BCUT2D eigenvalue weighted by Crippen LogP contribution is 2.18. The van der Waals surface area contributed by atoms with Gasteiger partial charge < -0.3 is 10.4 Å². The average molecular weight is 244 g/mol. The summed E-state index contributed by atoms with van der Waals surface area (Å²) < 4.78 is 0. The number of aliphatic hydroxyl groups is 1. The molecule has 4 heteroatoms. The Labute approximate surface area is 106 Å². The van der Waals surface area contributed by atoms with E-state index in [4.69, 9.17) is 0 Å².